The zero-order valence-corrected chi connectivity index (χ0v) is 23.0. The normalized spacial score (nSPS) is 11.6. The van der Waals surface area contributed by atoms with E-state index in [2.05, 4.69) is 125 Å². The molecule has 2 atom stereocenters. The summed E-state index contributed by atoms with van der Waals surface area (Å²) in [4.78, 5) is 0. The molecule has 0 aromatic heterocycles. The van der Waals surface area contributed by atoms with Crippen LogP contribution in [0.25, 0.3) is 0 Å². The lowest BCUT2D eigenvalue weighted by Gasteiger charge is -2.12. The molecule has 0 radical (unpaired) electrons. The topological polar surface area (TPSA) is 38.0 Å². The number of hydrogen-bond donors (Lipinski definition) is 2. The Kier molecular flexibility index (Phi) is 18.6. The van der Waals surface area contributed by atoms with Crippen LogP contribution in [0.4, 0.5) is 0 Å². The van der Waals surface area contributed by atoms with Crippen LogP contribution in [0.5, 0.6) is 0 Å². The van der Waals surface area contributed by atoms with E-state index in [1.807, 2.05) is 20.9 Å². The van der Waals surface area contributed by atoms with Crippen molar-refractivity contribution in [2.75, 3.05) is 13.6 Å². The monoisotopic (exact) mass is 462 g/mol. The molecule has 3 aromatic rings. The highest BCUT2D eigenvalue weighted by Gasteiger charge is 2.06. The fourth-order valence-corrected chi connectivity index (χ4v) is 3.36. The molecule has 34 heavy (non-hydrogen) atoms. The highest BCUT2D eigenvalue weighted by molar-refractivity contribution is 5.32. The average Bonchev–Trinajstić information content (AvgIpc) is 2.88. The van der Waals surface area contributed by atoms with Gasteiger partial charge in [-0.3, -0.25) is 0 Å². The maximum absolute atomic E-state index is 5.33. The summed E-state index contributed by atoms with van der Waals surface area (Å²) in [5, 5.41) is 3.08. The zero-order chi connectivity index (χ0) is 25.8. The minimum absolute atomic E-state index is 0.479. The van der Waals surface area contributed by atoms with Gasteiger partial charge in [-0.05, 0) is 49.4 Å². The van der Waals surface area contributed by atoms with Gasteiger partial charge >= 0.3 is 0 Å². The predicted octanol–water partition coefficient (Wildman–Crippen LogP) is 8.00. The summed E-state index contributed by atoms with van der Waals surface area (Å²) in [5.74, 6) is 1.24. The van der Waals surface area contributed by atoms with Crippen LogP contribution in [0.15, 0.2) is 84.9 Å². The number of benzene rings is 3. The third-order valence-corrected chi connectivity index (χ3v) is 5.55. The molecule has 0 aliphatic carbocycles. The Labute approximate surface area is 211 Å². The third-order valence-electron chi connectivity index (χ3n) is 5.55. The highest BCUT2D eigenvalue weighted by atomic mass is 14.9. The Morgan fingerprint density at radius 3 is 1.59 bits per heavy atom. The molecule has 3 aromatic carbocycles. The standard InChI is InChI=1S/C15H16.C10H14.C5H14N2.C2H6/c1-12-8-10-15(11-9-12)13(2)14-6-4-3-5-7-14;1-9(2)8-10-6-4-3-5-7-10;1-3-5(4-6)7-2;1-2/h3-11,13H,1-2H3;3-7,9H,8H2,1-2H3;5,7H,3-4,6H2,1-2H3;1-2H3. The van der Waals surface area contributed by atoms with Gasteiger partial charge in [-0.25, -0.2) is 0 Å². The van der Waals surface area contributed by atoms with Crippen LogP contribution in [0.2, 0.25) is 0 Å². The van der Waals surface area contributed by atoms with Crippen LogP contribution < -0.4 is 11.1 Å². The van der Waals surface area contributed by atoms with Crippen molar-refractivity contribution < 1.29 is 0 Å². The van der Waals surface area contributed by atoms with Gasteiger partial charge in [0.15, 0.2) is 0 Å². The van der Waals surface area contributed by atoms with Crippen LogP contribution in [-0.2, 0) is 6.42 Å². The SMILES string of the molecule is CC.CC(C)Cc1ccccc1.CCC(CN)NC.Cc1ccc(C(C)c2ccccc2)cc1. The second-order valence-corrected chi connectivity index (χ2v) is 8.76. The van der Waals surface area contributed by atoms with E-state index in [4.69, 9.17) is 5.73 Å². The van der Waals surface area contributed by atoms with Crippen molar-refractivity contribution in [3.05, 3.63) is 107 Å². The van der Waals surface area contributed by atoms with Gasteiger partial charge in [-0.15, -0.1) is 0 Å². The Morgan fingerprint density at radius 1 is 0.735 bits per heavy atom. The van der Waals surface area contributed by atoms with Crippen LogP contribution in [0, 0.1) is 12.8 Å². The summed E-state index contributed by atoms with van der Waals surface area (Å²) >= 11 is 0. The van der Waals surface area contributed by atoms with E-state index in [9.17, 15) is 0 Å². The largest absolute Gasteiger partial charge is 0.329 e. The van der Waals surface area contributed by atoms with E-state index >= 15 is 0 Å². The van der Waals surface area contributed by atoms with Crippen molar-refractivity contribution in [1.29, 1.82) is 0 Å². The van der Waals surface area contributed by atoms with Crippen LogP contribution in [-0.4, -0.2) is 19.6 Å². The van der Waals surface area contributed by atoms with Crippen LogP contribution in [0.1, 0.15) is 76.1 Å². The fraction of sp³-hybridized carbons (Fsp3) is 0.438. The molecule has 0 bridgehead atoms. The minimum Gasteiger partial charge on any atom is -0.329 e. The van der Waals surface area contributed by atoms with Gasteiger partial charge < -0.3 is 11.1 Å². The molecule has 0 saturated carbocycles. The Balaban J connectivity index is 0.000000499. The van der Waals surface area contributed by atoms with Gasteiger partial charge in [0.25, 0.3) is 0 Å². The summed E-state index contributed by atoms with van der Waals surface area (Å²) in [7, 11) is 1.93. The quantitative estimate of drug-likeness (QED) is 0.373. The van der Waals surface area contributed by atoms with Crippen molar-refractivity contribution in [2.45, 2.75) is 73.3 Å². The maximum atomic E-state index is 5.33. The number of nitrogens with one attached hydrogen (secondary N) is 1. The smallest absolute Gasteiger partial charge is 0.0184 e. The van der Waals surface area contributed by atoms with Gasteiger partial charge in [0, 0.05) is 18.5 Å². The molecular weight excluding hydrogens is 412 g/mol. The van der Waals surface area contributed by atoms with E-state index in [1.165, 1.54) is 28.7 Å². The van der Waals surface area contributed by atoms with Gasteiger partial charge in [0.1, 0.15) is 0 Å². The fourth-order valence-electron chi connectivity index (χ4n) is 3.36. The molecule has 3 rings (SSSR count). The lowest BCUT2D eigenvalue weighted by Crippen LogP contribution is -2.32. The average molecular weight is 463 g/mol. The summed E-state index contributed by atoms with van der Waals surface area (Å²) < 4.78 is 0. The number of hydrogen-bond acceptors (Lipinski definition) is 2. The molecule has 0 amide bonds. The lowest BCUT2D eigenvalue weighted by molar-refractivity contribution is 0.556. The first-order valence-electron chi connectivity index (χ1n) is 12.9. The summed E-state index contributed by atoms with van der Waals surface area (Å²) in [5.41, 5.74) is 10.8. The number of rotatable bonds is 7. The number of aryl methyl sites for hydroxylation is 1. The predicted molar refractivity (Wildman–Crippen MR) is 154 cm³/mol. The van der Waals surface area contributed by atoms with Crippen molar-refractivity contribution in [1.82, 2.24) is 5.32 Å². The molecule has 2 heteroatoms. The first-order chi connectivity index (χ1) is 16.4. The van der Waals surface area contributed by atoms with Crippen molar-refractivity contribution in [3.63, 3.8) is 0 Å². The highest BCUT2D eigenvalue weighted by Crippen LogP contribution is 2.23. The third kappa shape index (κ3) is 14.0. The first-order valence-corrected chi connectivity index (χ1v) is 12.9. The van der Waals surface area contributed by atoms with E-state index in [0.717, 1.165) is 18.9 Å². The summed E-state index contributed by atoms with van der Waals surface area (Å²) in [6, 6.07) is 30.5. The van der Waals surface area contributed by atoms with Gasteiger partial charge in [-0.2, -0.15) is 0 Å². The molecule has 0 aliphatic heterocycles. The van der Waals surface area contributed by atoms with Crippen LogP contribution >= 0.6 is 0 Å². The van der Waals surface area contributed by atoms with E-state index < -0.39 is 0 Å². The Morgan fingerprint density at radius 2 is 1.21 bits per heavy atom. The van der Waals surface area contributed by atoms with Crippen molar-refractivity contribution in [2.24, 2.45) is 11.7 Å². The summed E-state index contributed by atoms with van der Waals surface area (Å²) in [6.07, 6.45) is 2.31. The van der Waals surface area contributed by atoms with Gasteiger partial charge in [0.2, 0.25) is 0 Å². The van der Waals surface area contributed by atoms with Gasteiger partial charge in [-0.1, -0.05) is 132 Å². The number of likely N-dealkylation sites (N-methyl/N-ethyl adjacent to an activating group) is 1. The zero-order valence-electron chi connectivity index (χ0n) is 23.0. The molecule has 0 heterocycles. The van der Waals surface area contributed by atoms with E-state index in [-0.39, 0.29) is 0 Å². The Hall–Kier alpha value is -2.42. The van der Waals surface area contributed by atoms with E-state index in [1.54, 1.807) is 0 Å². The molecule has 2 unspecified atom stereocenters. The molecular formula is C32H50N2. The maximum Gasteiger partial charge on any atom is 0.0184 e. The van der Waals surface area contributed by atoms with Gasteiger partial charge in [0.05, 0.1) is 0 Å². The molecule has 188 valence electrons. The molecule has 0 aliphatic rings. The summed E-state index contributed by atoms with van der Waals surface area (Å²) in [6.45, 7) is 15.7. The Bertz CT molecular complexity index is 801. The molecule has 0 spiro atoms. The molecule has 0 fully saturated rings. The van der Waals surface area contributed by atoms with Crippen molar-refractivity contribution in [3.8, 4) is 0 Å². The first kappa shape index (κ1) is 31.6. The minimum atomic E-state index is 0.479. The second kappa shape index (κ2) is 20.0. The molecule has 3 N–H and O–H groups in total. The lowest BCUT2D eigenvalue weighted by atomic mass is 9.93. The molecule has 0 saturated heterocycles. The molecule has 2 nitrogen and oxygen atoms in total. The van der Waals surface area contributed by atoms with E-state index in [0.29, 0.717) is 12.0 Å². The second-order valence-electron chi connectivity index (χ2n) is 8.76. The van der Waals surface area contributed by atoms with Crippen molar-refractivity contribution >= 4 is 0 Å². The number of nitrogens with two attached hydrogens (primary N) is 1. The van der Waals surface area contributed by atoms with Crippen LogP contribution in [0.3, 0.4) is 0 Å².